The molecule has 2 saturated carbocycles. The van der Waals surface area contributed by atoms with Gasteiger partial charge in [-0.3, -0.25) is 9.59 Å². The number of benzene rings is 2. The molecule has 2 aliphatic carbocycles. The molecule has 2 aliphatic rings. The molecule has 0 N–H and O–H groups in total. The Balaban J connectivity index is 1.74. The highest BCUT2D eigenvalue weighted by atomic mass is 16.2. The molecule has 0 saturated heterocycles. The van der Waals surface area contributed by atoms with E-state index < -0.39 is 5.92 Å². The molecular weight excluding hydrogens is 308 g/mol. The third kappa shape index (κ3) is 2.74. The first-order chi connectivity index (χ1) is 12.1. The van der Waals surface area contributed by atoms with Crippen LogP contribution < -0.4 is 0 Å². The van der Waals surface area contributed by atoms with E-state index >= 15 is 0 Å². The summed E-state index contributed by atoms with van der Waals surface area (Å²) in [5.74, 6) is -0.0408. The largest absolute Gasteiger partial charge is 0.298 e. The lowest BCUT2D eigenvalue weighted by Gasteiger charge is -2.27. The summed E-state index contributed by atoms with van der Waals surface area (Å²) in [6.45, 7) is 4.16. The number of carbonyl (C=O) groups is 2. The Labute approximate surface area is 149 Å². The average Bonchev–Trinajstić information content (AvgIpc) is 3.09. The van der Waals surface area contributed by atoms with Crippen molar-refractivity contribution in [3.8, 4) is 11.1 Å². The zero-order chi connectivity index (χ0) is 17.6. The molecule has 1 unspecified atom stereocenters. The monoisotopic (exact) mass is 332 g/mol. The van der Waals surface area contributed by atoms with Crippen LogP contribution in [0, 0.1) is 18.8 Å². The molecule has 25 heavy (non-hydrogen) atoms. The van der Waals surface area contributed by atoms with Crippen LogP contribution in [0.15, 0.2) is 42.5 Å². The Kier molecular flexibility index (Phi) is 4.07. The number of hydrogen-bond acceptors (Lipinski definition) is 2. The first kappa shape index (κ1) is 16.3. The number of aryl methyl sites for hydroxylation is 2. The molecule has 0 aromatic heterocycles. The van der Waals surface area contributed by atoms with Crippen LogP contribution in [0.3, 0.4) is 0 Å². The summed E-state index contributed by atoms with van der Waals surface area (Å²) in [5.41, 5.74) is 5.50. The van der Waals surface area contributed by atoms with Gasteiger partial charge < -0.3 is 0 Å². The maximum absolute atomic E-state index is 12.9. The molecule has 2 fully saturated rings. The summed E-state index contributed by atoms with van der Waals surface area (Å²) < 4.78 is 0. The highest BCUT2D eigenvalue weighted by molar-refractivity contribution is 6.12. The van der Waals surface area contributed by atoms with Crippen molar-refractivity contribution in [2.75, 3.05) is 0 Å². The maximum atomic E-state index is 12.9. The van der Waals surface area contributed by atoms with E-state index in [1.165, 1.54) is 5.56 Å². The summed E-state index contributed by atoms with van der Waals surface area (Å²) in [6.07, 6.45) is 3.59. The molecule has 2 bridgehead atoms. The number of carbonyl (C=O) groups excluding carboxylic acids is 2. The van der Waals surface area contributed by atoms with Gasteiger partial charge in [0.1, 0.15) is 5.92 Å². The van der Waals surface area contributed by atoms with Gasteiger partial charge in [-0.15, -0.1) is 0 Å². The number of ketones is 2. The number of hydrogen-bond donors (Lipinski definition) is 0. The predicted octanol–water partition coefficient (Wildman–Crippen LogP) is 4.88. The smallest absolute Gasteiger partial charge is 0.150 e. The maximum Gasteiger partial charge on any atom is 0.150 e. The van der Waals surface area contributed by atoms with Gasteiger partial charge in [0.2, 0.25) is 0 Å². The second-order valence-corrected chi connectivity index (χ2v) is 7.57. The van der Waals surface area contributed by atoms with Gasteiger partial charge in [-0.1, -0.05) is 43.3 Å². The van der Waals surface area contributed by atoms with Crippen molar-refractivity contribution in [1.82, 2.24) is 0 Å². The molecule has 128 valence electrons. The van der Waals surface area contributed by atoms with E-state index in [2.05, 4.69) is 49.4 Å². The quantitative estimate of drug-likeness (QED) is 0.751. The van der Waals surface area contributed by atoms with Crippen molar-refractivity contribution in [3.63, 3.8) is 0 Å². The molecule has 2 aromatic carbocycles. The second-order valence-electron chi connectivity index (χ2n) is 7.57. The van der Waals surface area contributed by atoms with Crippen LogP contribution >= 0.6 is 0 Å². The van der Waals surface area contributed by atoms with E-state index in [0.717, 1.165) is 47.9 Å². The third-order valence-corrected chi connectivity index (χ3v) is 6.09. The van der Waals surface area contributed by atoms with Gasteiger partial charge in [0, 0.05) is 11.8 Å². The van der Waals surface area contributed by atoms with Gasteiger partial charge in [-0.2, -0.15) is 0 Å². The number of fused-ring (bicyclic) bond motifs is 2. The minimum atomic E-state index is -0.541. The number of Topliss-reactive ketones (excluding diaryl/α,β-unsaturated/α-hetero) is 2. The zero-order valence-corrected chi connectivity index (χ0v) is 14.9. The van der Waals surface area contributed by atoms with Crippen LogP contribution in [0.5, 0.6) is 0 Å². The number of rotatable bonds is 3. The summed E-state index contributed by atoms with van der Waals surface area (Å²) in [5, 5.41) is 0. The van der Waals surface area contributed by atoms with E-state index in [1.54, 1.807) is 0 Å². The van der Waals surface area contributed by atoms with Crippen LogP contribution in [0.2, 0.25) is 0 Å². The van der Waals surface area contributed by atoms with E-state index in [4.69, 9.17) is 0 Å². The molecule has 0 amide bonds. The minimum absolute atomic E-state index is 0.0968. The van der Waals surface area contributed by atoms with Gasteiger partial charge in [0.05, 0.1) is 0 Å². The lowest BCUT2D eigenvalue weighted by atomic mass is 9.74. The van der Waals surface area contributed by atoms with Gasteiger partial charge in [0.25, 0.3) is 0 Å². The summed E-state index contributed by atoms with van der Waals surface area (Å²) in [7, 11) is 0. The molecule has 0 spiro atoms. The zero-order valence-electron chi connectivity index (χ0n) is 14.9. The molecule has 0 radical (unpaired) electrons. The van der Waals surface area contributed by atoms with Gasteiger partial charge in [-0.25, -0.2) is 0 Å². The van der Waals surface area contributed by atoms with Crippen LogP contribution in [-0.4, -0.2) is 11.6 Å². The lowest BCUT2D eigenvalue weighted by Crippen LogP contribution is -2.35. The molecule has 0 heterocycles. The molecule has 2 aromatic rings. The Morgan fingerprint density at radius 1 is 0.880 bits per heavy atom. The summed E-state index contributed by atoms with van der Waals surface area (Å²) >= 11 is 0. The van der Waals surface area contributed by atoms with Crippen LogP contribution in [-0.2, 0) is 16.0 Å². The van der Waals surface area contributed by atoms with Crippen molar-refractivity contribution in [1.29, 1.82) is 0 Å². The molecule has 0 aliphatic heterocycles. The standard InChI is InChI=1S/C23H24O2/c1-3-15-5-8-16(9-6-15)17-7-4-14(2)20(13-17)21-22(24)18-10-11-19(12-18)23(21)25/h4-9,13,18-19,21H,3,10-12H2,1-2H3/t18-,19+,21?. The molecule has 4 rings (SSSR count). The predicted molar refractivity (Wildman–Crippen MR) is 99.6 cm³/mol. The highest BCUT2D eigenvalue weighted by Gasteiger charge is 2.47. The van der Waals surface area contributed by atoms with Gasteiger partial charge in [-0.05, 0) is 66.5 Å². The van der Waals surface area contributed by atoms with E-state index in [-0.39, 0.29) is 23.4 Å². The van der Waals surface area contributed by atoms with Gasteiger partial charge >= 0.3 is 0 Å². The molecule has 2 heteroatoms. The highest BCUT2D eigenvalue weighted by Crippen LogP contribution is 2.44. The van der Waals surface area contributed by atoms with Crippen molar-refractivity contribution in [2.24, 2.45) is 11.8 Å². The third-order valence-electron chi connectivity index (χ3n) is 6.09. The van der Waals surface area contributed by atoms with Crippen LogP contribution in [0.4, 0.5) is 0 Å². The fourth-order valence-electron chi connectivity index (χ4n) is 4.48. The Bertz CT molecular complexity index is 810. The first-order valence-electron chi connectivity index (χ1n) is 9.35. The van der Waals surface area contributed by atoms with Crippen molar-refractivity contribution >= 4 is 11.6 Å². The minimum Gasteiger partial charge on any atom is -0.298 e. The Morgan fingerprint density at radius 2 is 1.48 bits per heavy atom. The topological polar surface area (TPSA) is 34.1 Å². The van der Waals surface area contributed by atoms with E-state index in [1.807, 2.05) is 6.92 Å². The normalized spacial score (nSPS) is 25.4. The summed E-state index contributed by atoms with van der Waals surface area (Å²) in [6, 6.07) is 14.8. The SMILES string of the molecule is CCc1ccc(-c2ccc(C)c(C3C(=O)[C@@H]4CC[C@@H](C4)C3=O)c2)cc1. The molecule has 2 nitrogen and oxygen atoms in total. The average molecular weight is 332 g/mol. The van der Waals surface area contributed by atoms with E-state index in [9.17, 15) is 9.59 Å². The van der Waals surface area contributed by atoms with Crippen molar-refractivity contribution in [2.45, 2.75) is 45.4 Å². The fraction of sp³-hybridized carbons (Fsp3) is 0.391. The first-order valence-corrected chi connectivity index (χ1v) is 9.35. The Morgan fingerprint density at radius 3 is 2.08 bits per heavy atom. The summed E-state index contributed by atoms with van der Waals surface area (Å²) in [4.78, 5) is 25.7. The Hall–Kier alpha value is -2.22. The van der Waals surface area contributed by atoms with Crippen LogP contribution in [0.1, 0.15) is 48.8 Å². The molecular formula is C23H24O2. The van der Waals surface area contributed by atoms with E-state index in [0.29, 0.717) is 0 Å². The van der Waals surface area contributed by atoms with Crippen LogP contribution in [0.25, 0.3) is 11.1 Å². The van der Waals surface area contributed by atoms with Crippen molar-refractivity contribution in [3.05, 3.63) is 59.2 Å². The van der Waals surface area contributed by atoms with Crippen molar-refractivity contribution < 1.29 is 9.59 Å². The second kappa shape index (κ2) is 6.25. The lowest BCUT2D eigenvalue weighted by molar-refractivity contribution is -0.135. The molecule has 3 atom stereocenters. The fourth-order valence-corrected chi connectivity index (χ4v) is 4.48. The van der Waals surface area contributed by atoms with Gasteiger partial charge in [0.15, 0.2) is 11.6 Å².